The second kappa shape index (κ2) is 12.5. The van der Waals surface area contributed by atoms with E-state index < -0.39 is 0 Å². The summed E-state index contributed by atoms with van der Waals surface area (Å²) in [5, 5.41) is 3.49. The van der Waals surface area contributed by atoms with Gasteiger partial charge >= 0.3 is 0 Å². The van der Waals surface area contributed by atoms with Gasteiger partial charge in [0.2, 0.25) is 5.95 Å². The lowest BCUT2D eigenvalue weighted by Crippen LogP contribution is -2.33. The van der Waals surface area contributed by atoms with Crippen molar-refractivity contribution < 1.29 is 4.74 Å². The van der Waals surface area contributed by atoms with Crippen LogP contribution in [-0.4, -0.2) is 55.7 Å². The summed E-state index contributed by atoms with van der Waals surface area (Å²) in [4.78, 5) is 16.4. The predicted molar refractivity (Wildman–Crippen MR) is 164 cm³/mol. The molecule has 3 aromatic heterocycles. The van der Waals surface area contributed by atoms with E-state index in [-0.39, 0.29) is 0 Å². The third-order valence-electron chi connectivity index (χ3n) is 8.79. The fourth-order valence-corrected chi connectivity index (χ4v) is 6.56. The van der Waals surface area contributed by atoms with Crippen molar-refractivity contribution in [2.45, 2.75) is 83.8 Å². The number of hydrogen-bond acceptors (Lipinski definition) is 7. The molecule has 2 aliphatic rings. The Morgan fingerprint density at radius 2 is 1.93 bits per heavy atom. The summed E-state index contributed by atoms with van der Waals surface area (Å²) in [5.74, 6) is 3.91. The number of benzene rings is 1. The van der Waals surface area contributed by atoms with Crippen LogP contribution in [-0.2, 0) is 26.1 Å². The fraction of sp³-hybridized carbons (Fsp3) is 0.531. The number of imidazole rings is 1. The van der Waals surface area contributed by atoms with Crippen molar-refractivity contribution in [3.05, 3.63) is 59.3 Å². The van der Waals surface area contributed by atoms with E-state index in [0.29, 0.717) is 18.4 Å². The van der Waals surface area contributed by atoms with E-state index in [1.165, 1.54) is 62.0 Å². The molecule has 3 N–H and O–H groups in total. The van der Waals surface area contributed by atoms with Crippen molar-refractivity contribution >= 4 is 22.8 Å². The second-order valence-electron chi connectivity index (χ2n) is 11.7. The summed E-state index contributed by atoms with van der Waals surface area (Å²) in [6, 6.07) is 8.67. The van der Waals surface area contributed by atoms with Gasteiger partial charge in [-0.2, -0.15) is 4.98 Å². The Morgan fingerprint density at radius 3 is 2.76 bits per heavy atom. The highest BCUT2D eigenvalue weighted by atomic mass is 16.5. The third kappa shape index (κ3) is 6.05. The maximum absolute atomic E-state index is 6.02. The minimum absolute atomic E-state index is 0.295. The van der Waals surface area contributed by atoms with Crippen LogP contribution in [0.15, 0.2) is 36.7 Å². The molecular formula is C32H44N8O. The molecule has 0 amide bonds. The number of nitrogen functional groups attached to an aromatic ring is 1. The van der Waals surface area contributed by atoms with E-state index in [0.717, 1.165) is 67.3 Å². The largest absolute Gasteiger partial charge is 0.496 e. The number of fused-ring (bicyclic) bond motifs is 2. The van der Waals surface area contributed by atoms with Gasteiger partial charge in [-0.1, -0.05) is 31.9 Å². The molecule has 1 saturated heterocycles. The lowest BCUT2D eigenvalue weighted by molar-refractivity contribution is 0.199. The van der Waals surface area contributed by atoms with Crippen molar-refractivity contribution in [3.8, 4) is 5.75 Å². The van der Waals surface area contributed by atoms with Crippen molar-refractivity contribution in [3.63, 3.8) is 0 Å². The molecule has 6 rings (SSSR count). The number of ether oxygens (including phenoxy) is 1. The molecule has 41 heavy (non-hydrogen) atoms. The van der Waals surface area contributed by atoms with E-state index in [2.05, 4.69) is 66.8 Å². The normalized spacial score (nSPS) is 16.2. The van der Waals surface area contributed by atoms with Gasteiger partial charge in [-0.15, -0.1) is 0 Å². The van der Waals surface area contributed by atoms with E-state index >= 15 is 0 Å². The highest BCUT2D eigenvalue weighted by molar-refractivity contribution is 5.87. The summed E-state index contributed by atoms with van der Waals surface area (Å²) < 4.78 is 10.6. The predicted octanol–water partition coefficient (Wildman–Crippen LogP) is 5.58. The molecule has 0 radical (unpaired) electrons. The molecule has 0 unspecified atom stereocenters. The van der Waals surface area contributed by atoms with Gasteiger partial charge in [-0.3, -0.25) is 4.90 Å². The lowest BCUT2D eigenvalue weighted by Gasteiger charge is -2.32. The zero-order valence-corrected chi connectivity index (χ0v) is 24.6. The molecule has 4 aromatic rings. The molecule has 9 heteroatoms. The van der Waals surface area contributed by atoms with Crippen LogP contribution >= 0.6 is 0 Å². The number of aromatic nitrogens is 5. The highest BCUT2D eigenvalue weighted by Crippen LogP contribution is 2.32. The number of piperidine rings is 1. The molecule has 0 spiro atoms. The van der Waals surface area contributed by atoms with Gasteiger partial charge in [0.25, 0.3) is 0 Å². The summed E-state index contributed by atoms with van der Waals surface area (Å²) in [5.41, 5.74) is 11.7. The first kappa shape index (κ1) is 27.6. The maximum atomic E-state index is 6.02. The number of likely N-dealkylation sites (tertiary alicyclic amines) is 1. The van der Waals surface area contributed by atoms with Gasteiger partial charge in [-0.25, -0.2) is 9.97 Å². The summed E-state index contributed by atoms with van der Waals surface area (Å²) in [7, 11) is 1.76. The smallest absolute Gasteiger partial charge is 0.222 e. The van der Waals surface area contributed by atoms with E-state index in [1.54, 1.807) is 7.11 Å². The van der Waals surface area contributed by atoms with Crippen molar-refractivity contribution in [1.29, 1.82) is 0 Å². The van der Waals surface area contributed by atoms with E-state index in [9.17, 15) is 0 Å². The van der Waals surface area contributed by atoms with Crippen LogP contribution in [0.1, 0.15) is 80.4 Å². The maximum Gasteiger partial charge on any atom is 0.222 e. The first-order valence-corrected chi connectivity index (χ1v) is 15.4. The average Bonchev–Trinajstić information content (AvgIpc) is 3.61. The Balaban J connectivity index is 1.12. The number of unbranched alkanes of at least 4 members (excludes halogenated alkanes) is 2. The molecular weight excluding hydrogens is 512 g/mol. The summed E-state index contributed by atoms with van der Waals surface area (Å²) in [6.07, 6.45) is 13.8. The number of nitrogens with two attached hydrogens (primary N) is 1. The molecule has 0 atom stereocenters. The number of aryl methyl sites for hydroxylation is 1. The topological polar surface area (TPSA) is 99.0 Å². The van der Waals surface area contributed by atoms with Gasteiger partial charge in [0.1, 0.15) is 17.1 Å². The van der Waals surface area contributed by atoms with Crippen LogP contribution in [0.3, 0.4) is 0 Å². The molecule has 1 fully saturated rings. The van der Waals surface area contributed by atoms with Crippen LogP contribution in [0.5, 0.6) is 5.75 Å². The van der Waals surface area contributed by atoms with Gasteiger partial charge in [-0.05, 0) is 69.3 Å². The fourth-order valence-electron chi connectivity index (χ4n) is 6.56. The molecule has 9 nitrogen and oxygen atoms in total. The number of anilines is 2. The Morgan fingerprint density at radius 1 is 1.05 bits per heavy atom. The Hall–Kier alpha value is -3.59. The first-order chi connectivity index (χ1) is 20.1. The zero-order valence-electron chi connectivity index (χ0n) is 24.6. The molecule has 1 aromatic carbocycles. The van der Waals surface area contributed by atoms with Gasteiger partial charge < -0.3 is 24.9 Å². The number of methoxy groups -OCH3 is 1. The Kier molecular flexibility index (Phi) is 8.41. The summed E-state index contributed by atoms with van der Waals surface area (Å²) in [6.45, 7) is 8.03. The molecule has 0 aliphatic carbocycles. The van der Waals surface area contributed by atoms with E-state index in [1.807, 2.05) is 6.07 Å². The first-order valence-electron chi connectivity index (χ1n) is 15.4. The number of hydrogen-bond donors (Lipinski definition) is 2. The molecule has 2 aliphatic heterocycles. The third-order valence-corrected chi connectivity index (χ3v) is 8.79. The average molecular weight is 557 g/mol. The van der Waals surface area contributed by atoms with E-state index in [4.69, 9.17) is 15.5 Å². The quantitative estimate of drug-likeness (QED) is 0.233. The van der Waals surface area contributed by atoms with Gasteiger partial charge in [0.15, 0.2) is 5.82 Å². The SMILES string of the molecule is CCCCCNc1nc(N)nc2ccn(Cc3ccc(CN4CCC(c5ncc6n5CCCC6)CC4)cc3OC)c12. The van der Waals surface area contributed by atoms with Crippen LogP contribution in [0.4, 0.5) is 11.8 Å². The molecule has 0 bridgehead atoms. The van der Waals surface area contributed by atoms with Gasteiger partial charge in [0.05, 0.1) is 19.2 Å². The highest BCUT2D eigenvalue weighted by Gasteiger charge is 2.26. The molecule has 5 heterocycles. The summed E-state index contributed by atoms with van der Waals surface area (Å²) >= 11 is 0. The Bertz CT molecular complexity index is 1470. The second-order valence-corrected chi connectivity index (χ2v) is 11.7. The lowest BCUT2D eigenvalue weighted by atomic mass is 9.95. The van der Waals surface area contributed by atoms with Crippen molar-refractivity contribution in [2.24, 2.45) is 0 Å². The standard InChI is InChI=1S/C32H44N8O/c1-3-4-6-14-34-30-29-27(36-32(33)37-30)13-18-39(29)22-25-10-9-23(19-28(25)41-2)21-38-16-11-24(12-17-38)31-35-20-26-8-5-7-15-40(26)31/h9-10,13,18-20,24H,3-8,11-12,14-17,21-22H2,1-2H3,(H3,33,34,36,37). The van der Waals surface area contributed by atoms with Crippen LogP contribution in [0, 0.1) is 0 Å². The van der Waals surface area contributed by atoms with Crippen molar-refractivity contribution in [2.75, 3.05) is 37.8 Å². The van der Waals surface area contributed by atoms with Crippen LogP contribution in [0.25, 0.3) is 11.0 Å². The van der Waals surface area contributed by atoms with Crippen molar-refractivity contribution in [1.82, 2.24) is 29.0 Å². The molecule has 218 valence electrons. The van der Waals surface area contributed by atoms with Crippen LogP contribution in [0.2, 0.25) is 0 Å². The molecule has 0 saturated carbocycles. The minimum atomic E-state index is 0.295. The number of nitrogens with one attached hydrogen (secondary N) is 1. The number of nitrogens with zero attached hydrogens (tertiary/aromatic N) is 6. The van der Waals surface area contributed by atoms with Crippen LogP contribution < -0.4 is 15.8 Å². The van der Waals surface area contributed by atoms with Gasteiger partial charge in [0, 0.05) is 49.2 Å². The minimum Gasteiger partial charge on any atom is -0.496 e. The Labute approximate surface area is 243 Å². The monoisotopic (exact) mass is 556 g/mol. The zero-order chi connectivity index (χ0) is 28.2. The number of rotatable bonds is 11.